The molecule has 132 valence electrons. The van der Waals surface area contributed by atoms with Crippen molar-refractivity contribution in [3.63, 3.8) is 0 Å². The van der Waals surface area contributed by atoms with Gasteiger partial charge in [0.1, 0.15) is 11.3 Å². The Morgan fingerprint density at radius 3 is 2.79 bits per heavy atom. The van der Waals surface area contributed by atoms with Gasteiger partial charge in [0.15, 0.2) is 0 Å². The molecule has 1 aliphatic heterocycles. The van der Waals surface area contributed by atoms with Crippen LogP contribution in [0.1, 0.15) is 32.8 Å². The number of nitrogens with one attached hydrogen (secondary N) is 1. The van der Waals surface area contributed by atoms with E-state index in [9.17, 15) is 20.0 Å². The van der Waals surface area contributed by atoms with E-state index in [2.05, 4.69) is 5.32 Å². The largest absolute Gasteiger partial charge is 0.444 e. The maximum Gasteiger partial charge on any atom is 0.410 e. The molecule has 0 spiro atoms. The molecule has 1 fully saturated rings. The molecule has 2 N–H and O–H groups in total. The van der Waals surface area contributed by atoms with Crippen molar-refractivity contribution in [2.45, 2.75) is 45.4 Å². The number of hydrogen-bond acceptors (Lipinski definition) is 6. The monoisotopic (exact) mass is 337 g/mol. The van der Waals surface area contributed by atoms with E-state index in [0.717, 1.165) is 0 Å². The van der Waals surface area contributed by atoms with Crippen molar-refractivity contribution in [2.75, 3.05) is 18.4 Å². The van der Waals surface area contributed by atoms with Gasteiger partial charge in [-0.1, -0.05) is 0 Å². The van der Waals surface area contributed by atoms with Crippen LogP contribution in [0.25, 0.3) is 0 Å². The Morgan fingerprint density at radius 1 is 1.50 bits per heavy atom. The maximum atomic E-state index is 12.1. The van der Waals surface area contributed by atoms with Gasteiger partial charge in [0, 0.05) is 25.2 Å². The van der Waals surface area contributed by atoms with E-state index < -0.39 is 10.5 Å². The normalized spacial score (nSPS) is 17.7. The van der Waals surface area contributed by atoms with E-state index in [1.807, 2.05) is 0 Å². The summed E-state index contributed by atoms with van der Waals surface area (Å²) in [6.07, 6.45) is 0.283. The second-order valence-electron chi connectivity index (χ2n) is 6.82. The van der Waals surface area contributed by atoms with E-state index in [4.69, 9.17) is 4.74 Å². The van der Waals surface area contributed by atoms with Crippen LogP contribution in [-0.2, 0) is 11.3 Å². The Labute approximate surface area is 140 Å². The van der Waals surface area contributed by atoms with Crippen LogP contribution in [0.5, 0.6) is 0 Å². The number of hydrogen-bond donors (Lipinski definition) is 2. The molecule has 1 amide bonds. The molecular weight excluding hydrogens is 314 g/mol. The highest BCUT2D eigenvalue weighted by atomic mass is 16.6. The third-order valence-corrected chi connectivity index (χ3v) is 3.64. The molecule has 2 rings (SSSR count). The number of rotatable bonds is 4. The molecule has 0 aromatic heterocycles. The summed E-state index contributed by atoms with van der Waals surface area (Å²) in [5.41, 5.74) is 0.326. The zero-order chi connectivity index (χ0) is 17.9. The van der Waals surface area contributed by atoms with Crippen molar-refractivity contribution in [2.24, 2.45) is 0 Å². The number of nitro groups is 1. The minimum Gasteiger partial charge on any atom is -0.444 e. The first kappa shape index (κ1) is 18.0. The Bertz CT molecular complexity index is 627. The first-order valence-corrected chi connectivity index (χ1v) is 7.82. The Hall–Kier alpha value is -2.35. The number of carbonyl (C=O) groups excluding carboxylic acids is 1. The third kappa shape index (κ3) is 4.58. The second kappa shape index (κ2) is 7.04. The maximum absolute atomic E-state index is 12.1. The number of anilines is 1. The molecule has 1 aliphatic rings. The van der Waals surface area contributed by atoms with E-state index in [1.54, 1.807) is 31.7 Å². The fraction of sp³-hybridized carbons (Fsp3) is 0.562. The lowest BCUT2D eigenvalue weighted by molar-refractivity contribution is -0.384. The molecular formula is C16H23N3O5. The van der Waals surface area contributed by atoms with Crippen LogP contribution in [0.3, 0.4) is 0 Å². The number of aliphatic hydroxyl groups excluding tert-OH is 1. The number of aliphatic hydroxyl groups is 1. The summed E-state index contributed by atoms with van der Waals surface area (Å²) in [4.78, 5) is 24.3. The molecule has 0 radical (unpaired) electrons. The summed E-state index contributed by atoms with van der Waals surface area (Å²) in [6.45, 7) is 6.16. The van der Waals surface area contributed by atoms with Crippen molar-refractivity contribution in [3.05, 3.63) is 33.9 Å². The van der Waals surface area contributed by atoms with Gasteiger partial charge < -0.3 is 20.1 Å². The number of nitrogens with zero attached hydrogens (tertiary/aromatic N) is 2. The van der Waals surface area contributed by atoms with Gasteiger partial charge in [0.25, 0.3) is 5.69 Å². The molecule has 0 bridgehead atoms. The summed E-state index contributed by atoms with van der Waals surface area (Å²) in [7, 11) is 0. The Kier molecular flexibility index (Phi) is 5.28. The predicted octanol–water partition coefficient (Wildman–Crippen LogP) is 2.51. The number of carbonyl (C=O) groups is 1. The second-order valence-corrected chi connectivity index (χ2v) is 6.82. The molecule has 0 aliphatic carbocycles. The Morgan fingerprint density at radius 2 is 2.21 bits per heavy atom. The van der Waals surface area contributed by atoms with E-state index >= 15 is 0 Å². The molecule has 24 heavy (non-hydrogen) atoms. The summed E-state index contributed by atoms with van der Waals surface area (Å²) in [5.74, 6) is 0. The van der Waals surface area contributed by atoms with Gasteiger partial charge >= 0.3 is 6.09 Å². The number of benzene rings is 1. The lowest BCUT2D eigenvalue weighted by Crippen LogP contribution is -2.36. The van der Waals surface area contributed by atoms with Gasteiger partial charge in [0.2, 0.25) is 0 Å². The van der Waals surface area contributed by atoms with Crippen molar-refractivity contribution in [1.82, 2.24) is 4.90 Å². The third-order valence-electron chi connectivity index (χ3n) is 3.64. The molecule has 1 saturated heterocycles. The first-order valence-electron chi connectivity index (χ1n) is 7.82. The van der Waals surface area contributed by atoms with Crippen LogP contribution >= 0.6 is 0 Å². The molecule has 1 heterocycles. The highest BCUT2D eigenvalue weighted by Crippen LogP contribution is 2.28. The van der Waals surface area contributed by atoms with Crippen molar-refractivity contribution >= 4 is 17.5 Å². The van der Waals surface area contributed by atoms with Gasteiger partial charge in [-0.25, -0.2) is 4.79 Å². The minimum absolute atomic E-state index is 0.0529. The molecule has 1 aromatic rings. The summed E-state index contributed by atoms with van der Waals surface area (Å²) in [6, 6.07) is 4.35. The minimum atomic E-state index is -0.559. The SMILES string of the molecule is CC(C)(C)OC(=O)N1CCC(Nc2cc(CO)ccc2[N+](=O)[O-])C1. The lowest BCUT2D eigenvalue weighted by Gasteiger charge is -2.24. The highest BCUT2D eigenvalue weighted by Gasteiger charge is 2.30. The lowest BCUT2D eigenvalue weighted by atomic mass is 10.1. The van der Waals surface area contributed by atoms with Crippen LogP contribution in [0, 0.1) is 10.1 Å². The summed E-state index contributed by atoms with van der Waals surface area (Å²) >= 11 is 0. The van der Waals surface area contributed by atoms with Gasteiger partial charge in [-0.2, -0.15) is 0 Å². The average molecular weight is 337 g/mol. The van der Waals surface area contributed by atoms with Crippen LogP contribution in [0.4, 0.5) is 16.2 Å². The molecule has 0 saturated carbocycles. The molecule has 1 unspecified atom stereocenters. The predicted molar refractivity (Wildman–Crippen MR) is 88.9 cm³/mol. The van der Waals surface area contributed by atoms with Crippen LogP contribution < -0.4 is 5.32 Å². The van der Waals surface area contributed by atoms with E-state index in [1.165, 1.54) is 12.1 Å². The Balaban J connectivity index is 2.05. The van der Waals surface area contributed by atoms with Crippen LogP contribution in [-0.4, -0.2) is 45.8 Å². The molecule has 8 nitrogen and oxygen atoms in total. The molecule has 1 atom stereocenters. The number of likely N-dealkylation sites (tertiary alicyclic amines) is 1. The van der Waals surface area contributed by atoms with Gasteiger partial charge in [-0.05, 0) is 44.9 Å². The molecule has 8 heteroatoms. The van der Waals surface area contributed by atoms with Crippen molar-refractivity contribution in [1.29, 1.82) is 0 Å². The van der Waals surface area contributed by atoms with Crippen LogP contribution in [0.15, 0.2) is 18.2 Å². The number of ether oxygens (including phenoxy) is 1. The van der Waals surface area contributed by atoms with Crippen LogP contribution in [0.2, 0.25) is 0 Å². The highest BCUT2D eigenvalue weighted by molar-refractivity contribution is 5.69. The van der Waals surface area contributed by atoms with E-state index in [0.29, 0.717) is 30.8 Å². The van der Waals surface area contributed by atoms with E-state index in [-0.39, 0.29) is 24.4 Å². The van der Waals surface area contributed by atoms with Crippen molar-refractivity contribution in [3.8, 4) is 0 Å². The standard InChI is InChI=1S/C16H23N3O5/c1-16(2,3)24-15(21)18-7-6-12(9-18)17-13-8-11(10-20)4-5-14(13)19(22)23/h4-5,8,12,17,20H,6-7,9-10H2,1-3H3. The van der Waals surface area contributed by atoms with Crippen molar-refractivity contribution < 1.29 is 19.6 Å². The molecule has 1 aromatic carbocycles. The first-order chi connectivity index (χ1) is 11.2. The topological polar surface area (TPSA) is 105 Å². The smallest absolute Gasteiger partial charge is 0.410 e. The fourth-order valence-corrected chi connectivity index (χ4v) is 2.55. The summed E-state index contributed by atoms with van der Waals surface area (Å²) in [5, 5.41) is 23.5. The quantitative estimate of drug-likeness (QED) is 0.646. The van der Waals surface area contributed by atoms with Gasteiger partial charge in [-0.3, -0.25) is 10.1 Å². The fourth-order valence-electron chi connectivity index (χ4n) is 2.55. The average Bonchev–Trinajstić information content (AvgIpc) is 2.93. The number of amides is 1. The van der Waals surface area contributed by atoms with Gasteiger partial charge in [0.05, 0.1) is 11.5 Å². The number of nitro benzene ring substituents is 1. The summed E-state index contributed by atoms with van der Waals surface area (Å²) < 4.78 is 5.34. The zero-order valence-corrected chi connectivity index (χ0v) is 14.1. The van der Waals surface area contributed by atoms with Gasteiger partial charge in [-0.15, -0.1) is 0 Å². The zero-order valence-electron chi connectivity index (χ0n) is 14.1.